The summed E-state index contributed by atoms with van der Waals surface area (Å²) in [5, 5.41) is 12.0. The first-order chi connectivity index (χ1) is 10.0. The van der Waals surface area contributed by atoms with Crippen LogP contribution in [0.1, 0.15) is 18.4 Å². The molecule has 21 heavy (non-hydrogen) atoms. The number of carbonyl (C=O) groups excluding carboxylic acids is 1. The predicted octanol–water partition coefficient (Wildman–Crippen LogP) is 1.37. The van der Waals surface area contributed by atoms with Crippen molar-refractivity contribution < 1.29 is 23.8 Å². The van der Waals surface area contributed by atoms with Crippen LogP contribution in [-0.2, 0) is 20.7 Å². The molecule has 0 aliphatic carbocycles. The van der Waals surface area contributed by atoms with Crippen molar-refractivity contribution >= 4 is 11.9 Å². The van der Waals surface area contributed by atoms with Crippen LogP contribution in [0, 0.1) is 11.2 Å². The monoisotopic (exact) mass is 295 g/mol. The Hall–Kier alpha value is -1.95. The van der Waals surface area contributed by atoms with Gasteiger partial charge in [-0.05, 0) is 30.5 Å². The number of aliphatic carboxylic acids is 1. The molecule has 0 spiro atoms. The minimum absolute atomic E-state index is 0.0317. The van der Waals surface area contributed by atoms with Crippen LogP contribution in [0.5, 0.6) is 0 Å². The van der Waals surface area contributed by atoms with Gasteiger partial charge in [0.25, 0.3) is 0 Å². The summed E-state index contributed by atoms with van der Waals surface area (Å²) in [5.41, 5.74) is -0.403. The lowest BCUT2D eigenvalue weighted by Crippen LogP contribution is -2.46. The fourth-order valence-corrected chi connectivity index (χ4v) is 2.39. The average molecular weight is 295 g/mol. The third-order valence-corrected chi connectivity index (χ3v) is 3.78. The van der Waals surface area contributed by atoms with Crippen molar-refractivity contribution in [3.8, 4) is 0 Å². The van der Waals surface area contributed by atoms with E-state index in [1.165, 1.54) is 18.2 Å². The van der Waals surface area contributed by atoms with Crippen molar-refractivity contribution in [1.29, 1.82) is 0 Å². The number of nitrogens with one attached hydrogen (secondary N) is 1. The van der Waals surface area contributed by atoms with E-state index >= 15 is 0 Å². The molecule has 1 amide bonds. The topological polar surface area (TPSA) is 75.6 Å². The summed E-state index contributed by atoms with van der Waals surface area (Å²) < 4.78 is 18.2. The van der Waals surface area contributed by atoms with E-state index in [0.717, 1.165) is 0 Å². The molecule has 2 N–H and O–H groups in total. The van der Waals surface area contributed by atoms with Gasteiger partial charge >= 0.3 is 5.97 Å². The zero-order valence-electron chi connectivity index (χ0n) is 11.6. The van der Waals surface area contributed by atoms with Gasteiger partial charge in [0.2, 0.25) is 5.91 Å². The number of amides is 1. The highest BCUT2D eigenvalue weighted by Crippen LogP contribution is 2.30. The number of hydrogen-bond donors (Lipinski definition) is 2. The summed E-state index contributed by atoms with van der Waals surface area (Å²) in [6.07, 6.45) is 0.787. The highest BCUT2D eigenvalue weighted by atomic mass is 19.1. The van der Waals surface area contributed by atoms with E-state index in [1.807, 2.05) is 0 Å². The number of benzene rings is 1. The Morgan fingerprint density at radius 3 is 2.67 bits per heavy atom. The van der Waals surface area contributed by atoms with Gasteiger partial charge < -0.3 is 15.2 Å². The Morgan fingerprint density at radius 1 is 1.33 bits per heavy atom. The Kier molecular flexibility index (Phi) is 4.90. The molecule has 1 aliphatic heterocycles. The molecule has 1 aromatic carbocycles. The number of carboxylic acid groups (broad SMARTS) is 1. The molecule has 5 nitrogen and oxygen atoms in total. The molecule has 1 fully saturated rings. The standard InChI is InChI=1S/C15H18FNO4/c16-12-3-1-2-11(8-12)9-13(18)17-10-15(14(19)20)4-6-21-7-5-15/h1-3,8H,4-7,9-10H2,(H,17,18)(H,19,20). The molecule has 0 aromatic heterocycles. The van der Waals surface area contributed by atoms with Gasteiger partial charge in [-0.1, -0.05) is 12.1 Å². The van der Waals surface area contributed by atoms with Gasteiger partial charge in [0, 0.05) is 19.8 Å². The lowest BCUT2D eigenvalue weighted by Gasteiger charge is -2.33. The molecule has 0 atom stereocenters. The largest absolute Gasteiger partial charge is 0.481 e. The van der Waals surface area contributed by atoms with Crippen LogP contribution in [0.15, 0.2) is 24.3 Å². The fraction of sp³-hybridized carbons (Fsp3) is 0.467. The van der Waals surface area contributed by atoms with Crippen LogP contribution in [-0.4, -0.2) is 36.7 Å². The van der Waals surface area contributed by atoms with Crippen LogP contribution in [0.4, 0.5) is 4.39 Å². The Labute approximate surface area is 122 Å². The van der Waals surface area contributed by atoms with Crippen molar-refractivity contribution in [2.45, 2.75) is 19.3 Å². The minimum atomic E-state index is -0.962. The summed E-state index contributed by atoms with van der Waals surface area (Å²) in [5.74, 6) is -1.63. The maximum atomic E-state index is 13.0. The van der Waals surface area contributed by atoms with Gasteiger partial charge in [-0.25, -0.2) is 4.39 Å². The van der Waals surface area contributed by atoms with E-state index in [4.69, 9.17) is 4.74 Å². The summed E-state index contributed by atoms with van der Waals surface area (Å²) in [4.78, 5) is 23.3. The molecule has 1 heterocycles. The molecule has 1 aliphatic rings. The first kappa shape index (κ1) is 15.4. The fourth-order valence-electron chi connectivity index (χ4n) is 2.39. The Bertz CT molecular complexity index is 526. The lowest BCUT2D eigenvalue weighted by molar-refractivity contribution is -0.154. The third kappa shape index (κ3) is 4.01. The first-order valence-corrected chi connectivity index (χ1v) is 6.84. The van der Waals surface area contributed by atoms with Crippen LogP contribution in [0.3, 0.4) is 0 Å². The molecule has 6 heteroatoms. The molecule has 0 bridgehead atoms. The predicted molar refractivity (Wildman–Crippen MR) is 73.2 cm³/mol. The van der Waals surface area contributed by atoms with E-state index in [-0.39, 0.29) is 18.9 Å². The van der Waals surface area contributed by atoms with Gasteiger partial charge in [0.05, 0.1) is 11.8 Å². The van der Waals surface area contributed by atoms with Gasteiger partial charge in [-0.2, -0.15) is 0 Å². The normalized spacial score (nSPS) is 17.2. The van der Waals surface area contributed by atoms with Gasteiger partial charge in [0.1, 0.15) is 5.82 Å². The number of hydrogen-bond acceptors (Lipinski definition) is 3. The van der Waals surface area contributed by atoms with E-state index in [9.17, 15) is 19.1 Å². The van der Waals surface area contributed by atoms with Crippen LogP contribution < -0.4 is 5.32 Å². The first-order valence-electron chi connectivity index (χ1n) is 6.84. The lowest BCUT2D eigenvalue weighted by atomic mass is 9.80. The molecule has 0 unspecified atom stereocenters. The van der Waals surface area contributed by atoms with Crippen LogP contribution in [0.25, 0.3) is 0 Å². The smallest absolute Gasteiger partial charge is 0.311 e. The summed E-state index contributed by atoms with van der Waals surface area (Å²) in [6, 6.07) is 5.79. The Balaban J connectivity index is 1.91. The molecule has 1 aromatic rings. The molecule has 0 saturated carbocycles. The molecular formula is C15H18FNO4. The zero-order chi connectivity index (χ0) is 15.3. The highest BCUT2D eigenvalue weighted by molar-refractivity contribution is 5.80. The second-order valence-electron chi connectivity index (χ2n) is 5.28. The van der Waals surface area contributed by atoms with Crippen LogP contribution in [0.2, 0.25) is 0 Å². The van der Waals surface area contributed by atoms with E-state index in [2.05, 4.69) is 5.32 Å². The maximum Gasteiger partial charge on any atom is 0.311 e. The second kappa shape index (κ2) is 6.67. The number of carboxylic acids is 1. The summed E-state index contributed by atoms with van der Waals surface area (Å²) in [6.45, 7) is 0.831. The Morgan fingerprint density at radius 2 is 2.05 bits per heavy atom. The van der Waals surface area contributed by atoms with Gasteiger partial charge in [-0.3, -0.25) is 9.59 Å². The molecule has 2 rings (SSSR count). The molecule has 0 radical (unpaired) electrons. The summed E-state index contributed by atoms with van der Waals surface area (Å²) >= 11 is 0. The highest BCUT2D eigenvalue weighted by Gasteiger charge is 2.40. The van der Waals surface area contributed by atoms with E-state index in [1.54, 1.807) is 6.07 Å². The van der Waals surface area contributed by atoms with Crippen molar-refractivity contribution in [3.05, 3.63) is 35.6 Å². The number of rotatable bonds is 5. The maximum absolute atomic E-state index is 13.0. The second-order valence-corrected chi connectivity index (χ2v) is 5.28. The SMILES string of the molecule is O=C(Cc1cccc(F)c1)NCC1(C(=O)O)CCOCC1. The van der Waals surface area contributed by atoms with Crippen molar-refractivity contribution in [2.75, 3.05) is 19.8 Å². The van der Waals surface area contributed by atoms with Crippen molar-refractivity contribution in [2.24, 2.45) is 5.41 Å². The zero-order valence-corrected chi connectivity index (χ0v) is 11.6. The molecule has 114 valence electrons. The number of carbonyl (C=O) groups is 2. The number of halogens is 1. The molecular weight excluding hydrogens is 277 g/mol. The quantitative estimate of drug-likeness (QED) is 0.860. The van der Waals surface area contributed by atoms with Crippen molar-refractivity contribution in [3.63, 3.8) is 0 Å². The van der Waals surface area contributed by atoms with Crippen LogP contribution >= 0.6 is 0 Å². The van der Waals surface area contributed by atoms with Gasteiger partial charge in [0.15, 0.2) is 0 Å². The minimum Gasteiger partial charge on any atom is -0.481 e. The van der Waals surface area contributed by atoms with E-state index in [0.29, 0.717) is 31.6 Å². The van der Waals surface area contributed by atoms with E-state index < -0.39 is 17.2 Å². The average Bonchev–Trinajstić information content (AvgIpc) is 2.46. The van der Waals surface area contributed by atoms with Gasteiger partial charge in [-0.15, -0.1) is 0 Å². The van der Waals surface area contributed by atoms with Crippen molar-refractivity contribution in [1.82, 2.24) is 5.32 Å². The third-order valence-electron chi connectivity index (χ3n) is 3.78. The summed E-state index contributed by atoms with van der Waals surface area (Å²) in [7, 11) is 0. The number of ether oxygens (including phenoxy) is 1. The molecule has 1 saturated heterocycles.